The molecular formula is C21H18FN5O4S2. The summed E-state index contributed by atoms with van der Waals surface area (Å²) < 4.78 is 47.2. The molecule has 0 saturated carbocycles. The third kappa shape index (κ3) is 4.86. The van der Waals surface area contributed by atoms with Crippen LogP contribution in [0.4, 0.5) is 20.0 Å². The molecule has 0 spiro atoms. The van der Waals surface area contributed by atoms with Crippen LogP contribution in [0.3, 0.4) is 0 Å². The minimum atomic E-state index is -4.00. The van der Waals surface area contributed by atoms with Crippen molar-refractivity contribution in [3.63, 3.8) is 0 Å². The normalized spacial score (nSPS) is 11.2. The molecule has 0 unspecified atom stereocenters. The van der Waals surface area contributed by atoms with Crippen LogP contribution in [0.15, 0.2) is 59.6 Å². The lowest BCUT2D eigenvalue weighted by atomic mass is 10.1. The van der Waals surface area contributed by atoms with E-state index in [0.29, 0.717) is 16.2 Å². The Balaban J connectivity index is 1.68. The summed E-state index contributed by atoms with van der Waals surface area (Å²) in [5.41, 5.74) is 2.22. The third-order valence-electron chi connectivity index (χ3n) is 4.58. The summed E-state index contributed by atoms with van der Waals surface area (Å²) in [6, 6.07) is 11.2. The van der Waals surface area contributed by atoms with Gasteiger partial charge < -0.3 is 10.1 Å². The molecule has 0 saturated heterocycles. The smallest absolute Gasteiger partial charge is 0.320 e. The standard InChI is InChI=1S/C21H18FN5O4S2/c1-23-20(28)26-21-25-16-8-3-12(10-18(16)32-21)13-9-17(19(31-2)24-11-13)27-33(29,30)15-6-4-14(22)5-7-15/h3-11,27H,1-2H3,(H2,23,25,26,28). The van der Waals surface area contributed by atoms with Crippen LogP contribution in [-0.2, 0) is 10.0 Å². The van der Waals surface area contributed by atoms with E-state index in [4.69, 9.17) is 4.74 Å². The van der Waals surface area contributed by atoms with Gasteiger partial charge in [-0.15, -0.1) is 0 Å². The molecule has 3 N–H and O–H groups in total. The van der Waals surface area contributed by atoms with Gasteiger partial charge in [-0.3, -0.25) is 10.0 Å². The maximum Gasteiger partial charge on any atom is 0.320 e. The predicted octanol–water partition coefficient (Wildman–Crippen LogP) is 4.06. The van der Waals surface area contributed by atoms with Gasteiger partial charge in [-0.05, 0) is 48.0 Å². The second kappa shape index (κ2) is 9.00. The van der Waals surface area contributed by atoms with Crippen LogP contribution in [0.5, 0.6) is 5.88 Å². The van der Waals surface area contributed by atoms with Crippen molar-refractivity contribution in [1.29, 1.82) is 0 Å². The van der Waals surface area contributed by atoms with E-state index in [1.54, 1.807) is 18.3 Å². The molecule has 4 aromatic rings. The molecule has 2 aromatic carbocycles. The van der Waals surface area contributed by atoms with E-state index in [2.05, 4.69) is 25.3 Å². The van der Waals surface area contributed by atoms with Crippen LogP contribution in [-0.4, -0.2) is 38.6 Å². The minimum absolute atomic E-state index is 0.0837. The number of nitrogens with one attached hydrogen (secondary N) is 3. The Morgan fingerprint density at radius 1 is 1.09 bits per heavy atom. The zero-order valence-electron chi connectivity index (χ0n) is 17.4. The molecule has 0 radical (unpaired) electrons. The molecule has 2 amide bonds. The van der Waals surface area contributed by atoms with E-state index in [0.717, 1.165) is 22.4 Å². The molecule has 2 heterocycles. The van der Waals surface area contributed by atoms with E-state index >= 15 is 0 Å². The second-order valence-corrected chi connectivity index (χ2v) is 9.46. The first-order chi connectivity index (χ1) is 15.8. The number of nitrogens with zero attached hydrogens (tertiary/aromatic N) is 2. The van der Waals surface area contributed by atoms with Gasteiger partial charge >= 0.3 is 6.03 Å². The maximum absolute atomic E-state index is 13.2. The lowest BCUT2D eigenvalue weighted by Gasteiger charge is -2.13. The Morgan fingerprint density at radius 3 is 2.55 bits per heavy atom. The zero-order chi connectivity index (χ0) is 23.6. The van der Waals surface area contributed by atoms with Gasteiger partial charge in [-0.25, -0.2) is 27.6 Å². The lowest BCUT2D eigenvalue weighted by molar-refractivity contribution is 0.254. The number of carbonyl (C=O) groups excluding carboxylic acids is 1. The van der Waals surface area contributed by atoms with Crippen molar-refractivity contribution in [1.82, 2.24) is 15.3 Å². The third-order valence-corrected chi connectivity index (χ3v) is 6.90. The largest absolute Gasteiger partial charge is 0.480 e. The number of anilines is 2. The number of amides is 2. The van der Waals surface area contributed by atoms with Crippen LogP contribution in [0.25, 0.3) is 21.3 Å². The molecule has 170 valence electrons. The van der Waals surface area contributed by atoms with Gasteiger partial charge in [0.25, 0.3) is 10.0 Å². The Hall–Kier alpha value is -3.77. The predicted molar refractivity (Wildman–Crippen MR) is 125 cm³/mol. The summed E-state index contributed by atoms with van der Waals surface area (Å²) in [5, 5.41) is 5.55. The van der Waals surface area contributed by atoms with Gasteiger partial charge in [0, 0.05) is 18.8 Å². The number of benzene rings is 2. The Bertz CT molecular complexity index is 1440. The van der Waals surface area contributed by atoms with Gasteiger partial charge in [0.1, 0.15) is 11.5 Å². The van der Waals surface area contributed by atoms with Crippen molar-refractivity contribution in [3.05, 3.63) is 60.5 Å². The number of rotatable bonds is 6. The number of thiazole rings is 1. The quantitative estimate of drug-likeness (QED) is 0.377. The Kier molecular flexibility index (Phi) is 6.11. The van der Waals surface area contributed by atoms with E-state index < -0.39 is 15.8 Å². The van der Waals surface area contributed by atoms with Crippen LogP contribution >= 0.6 is 11.3 Å². The van der Waals surface area contributed by atoms with Crippen molar-refractivity contribution in [3.8, 4) is 17.0 Å². The van der Waals surface area contributed by atoms with E-state index in [1.807, 2.05) is 12.1 Å². The van der Waals surface area contributed by atoms with Crippen molar-refractivity contribution in [2.24, 2.45) is 0 Å². The average molecular weight is 488 g/mol. The van der Waals surface area contributed by atoms with Crippen molar-refractivity contribution < 1.29 is 22.3 Å². The van der Waals surface area contributed by atoms with E-state index in [9.17, 15) is 17.6 Å². The number of fused-ring (bicyclic) bond motifs is 1. The number of urea groups is 1. The van der Waals surface area contributed by atoms with E-state index in [1.165, 1.54) is 37.6 Å². The Morgan fingerprint density at radius 2 is 1.85 bits per heavy atom. The van der Waals surface area contributed by atoms with Gasteiger partial charge in [0.15, 0.2) is 5.13 Å². The topological polar surface area (TPSA) is 122 Å². The molecule has 0 atom stereocenters. The fourth-order valence-electron chi connectivity index (χ4n) is 2.98. The molecule has 0 aliphatic rings. The second-order valence-electron chi connectivity index (χ2n) is 6.75. The van der Waals surface area contributed by atoms with Gasteiger partial charge in [-0.2, -0.15) is 0 Å². The molecule has 0 aliphatic carbocycles. The highest BCUT2D eigenvalue weighted by atomic mass is 32.2. The van der Waals surface area contributed by atoms with Gasteiger partial charge in [-0.1, -0.05) is 17.4 Å². The highest BCUT2D eigenvalue weighted by molar-refractivity contribution is 7.92. The van der Waals surface area contributed by atoms with Crippen LogP contribution < -0.4 is 20.1 Å². The summed E-state index contributed by atoms with van der Waals surface area (Å²) >= 11 is 1.30. The van der Waals surface area contributed by atoms with Crippen molar-refractivity contribution >= 4 is 48.4 Å². The monoisotopic (exact) mass is 487 g/mol. The molecule has 9 nitrogen and oxygen atoms in total. The van der Waals surface area contributed by atoms with Crippen LogP contribution in [0.2, 0.25) is 0 Å². The molecule has 0 aliphatic heterocycles. The average Bonchev–Trinajstić information content (AvgIpc) is 3.20. The molecule has 33 heavy (non-hydrogen) atoms. The highest BCUT2D eigenvalue weighted by Gasteiger charge is 2.18. The molecule has 0 bridgehead atoms. The van der Waals surface area contributed by atoms with Crippen molar-refractivity contribution in [2.45, 2.75) is 4.90 Å². The summed E-state index contributed by atoms with van der Waals surface area (Å²) in [4.78, 5) is 20.0. The van der Waals surface area contributed by atoms with Gasteiger partial charge in [0.05, 0.1) is 22.2 Å². The molecular weight excluding hydrogens is 469 g/mol. The summed E-state index contributed by atoms with van der Waals surface area (Å²) in [5.74, 6) is -0.456. The number of aromatic nitrogens is 2. The molecule has 0 fully saturated rings. The fourth-order valence-corrected chi connectivity index (χ4v) is 4.93. The number of hydrogen-bond donors (Lipinski definition) is 3. The number of halogens is 1. The number of carbonyl (C=O) groups is 1. The van der Waals surface area contributed by atoms with Crippen LogP contribution in [0.1, 0.15) is 0 Å². The number of sulfonamides is 1. The first-order valence-electron chi connectivity index (χ1n) is 9.51. The first-order valence-corrected chi connectivity index (χ1v) is 11.8. The fraction of sp³-hybridized carbons (Fsp3) is 0.0952. The number of hydrogen-bond acceptors (Lipinski definition) is 7. The SMILES string of the molecule is CNC(=O)Nc1nc2ccc(-c3cnc(OC)c(NS(=O)(=O)c4ccc(F)cc4)c3)cc2s1. The Labute approximate surface area is 192 Å². The maximum atomic E-state index is 13.2. The number of pyridine rings is 1. The zero-order valence-corrected chi connectivity index (χ0v) is 19.1. The van der Waals surface area contributed by atoms with E-state index in [-0.39, 0.29) is 22.5 Å². The first kappa shape index (κ1) is 22.4. The number of methoxy groups -OCH3 is 1. The summed E-state index contributed by atoms with van der Waals surface area (Å²) in [6.45, 7) is 0. The number of ether oxygens (including phenoxy) is 1. The van der Waals surface area contributed by atoms with Crippen molar-refractivity contribution in [2.75, 3.05) is 24.2 Å². The lowest BCUT2D eigenvalue weighted by Crippen LogP contribution is -2.24. The summed E-state index contributed by atoms with van der Waals surface area (Å²) in [7, 11) is -1.11. The molecule has 2 aromatic heterocycles. The van der Waals surface area contributed by atoms with Gasteiger partial charge in [0.2, 0.25) is 5.88 Å². The minimum Gasteiger partial charge on any atom is -0.480 e. The highest BCUT2D eigenvalue weighted by Crippen LogP contribution is 2.33. The molecule has 12 heteroatoms. The summed E-state index contributed by atoms with van der Waals surface area (Å²) in [6.07, 6.45) is 1.56. The molecule has 4 rings (SSSR count). The van der Waals surface area contributed by atoms with Crippen LogP contribution in [0, 0.1) is 5.82 Å².